The molecule has 0 aliphatic carbocycles. The molecule has 0 atom stereocenters. The average Bonchev–Trinajstić information content (AvgIpc) is 2.80. The van der Waals surface area contributed by atoms with Crippen molar-refractivity contribution < 1.29 is 14.0 Å². The fraction of sp³-hybridized carbons (Fsp3) is 0. The lowest BCUT2D eigenvalue weighted by atomic mass is 10.1. The maximum absolute atomic E-state index is 13.0. The minimum Gasteiger partial charge on any atom is -0.322 e. The molecule has 0 spiro atoms. The van der Waals surface area contributed by atoms with Gasteiger partial charge in [-0.15, -0.1) is 0 Å². The van der Waals surface area contributed by atoms with Crippen molar-refractivity contribution in [3.8, 4) is 0 Å². The third kappa shape index (κ3) is 5.00. The first-order chi connectivity index (χ1) is 15.1. The average molecular weight is 411 g/mol. The normalized spacial score (nSPS) is 10.9. The Bertz CT molecular complexity index is 1270. The number of nitrogens with one attached hydrogen (secondary N) is 2. The van der Waals surface area contributed by atoms with E-state index in [2.05, 4.69) is 15.8 Å². The molecule has 0 aliphatic rings. The monoisotopic (exact) mass is 411 g/mol. The number of amides is 2. The Morgan fingerprint density at radius 2 is 1.39 bits per heavy atom. The first-order valence-corrected chi connectivity index (χ1v) is 9.58. The van der Waals surface area contributed by atoms with E-state index in [1.165, 1.54) is 24.3 Å². The summed E-state index contributed by atoms with van der Waals surface area (Å²) in [5, 5.41) is 8.95. The summed E-state index contributed by atoms with van der Waals surface area (Å²) in [7, 11) is 0. The predicted octanol–water partition coefficient (Wildman–Crippen LogP) is 5.00. The molecule has 4 aromatic carbocycles. The summed E-state index contributed by atoms with van der Waals surface area (Å²) >= 11 is 0. The second-order valence-electron chi connectivity index (χ2n) is 6.84. The van der Waals surface area contributed by atoms with Crippen LogP contribution in [0.5, 0.6) is 0 Å². The Balaban J connectivity index is 1.35. The molecule has 5 nitrogen and oxygen atoms in total. The molecule has 0 fully saturated rings. The maximum atomic E-state index is 13.0. The van der Waals surface area contributed by atoms with Crippen LogP contribution in [0.3, 0.4) is 0 Å². The number of hydrogen-bond donors (Lipinski definition) is 2. The molecule has 0 bridgehead atoms. The molecule has 2 N–H and O–H groups in total. The Morgan fingerprint density at radius 3 is 2.13 bits per heavy atom. The van der Waals surface area contributed by atoms with Gasteiger partial charge in [-0.3, -0.25) is 9.59 Å². The van der Waals surface area contributed by atoms with Gasteiger partial charge in [0, 0.05) is 16.8 Å². The van der Waals surface area contributed by atoms with Crippen LogP contribution in [-0.2, 0) is 0 Å². The largest absolute Gasteiger partial charge is 0.322 e. The van der Waals surface area contributed by atoms with Crippen molar-refractivity contribution in [3.63, 3.8) is 0 Å². The number of nitrogens with zero attached hydrogens (tertiary/aromatic N) is 1. The highest BCUT2D eigenvalue weighted by Gasteiger charge is 2.08. The van der Waals surface area contributed by atoms with Gasteiger partial charge in [-0.2, -0.15) is 5.10 Å². The molecular formula is C25H18FN3O2. The van der Waals surface area contributed by atoms with Crippen molar-refractivity contribution in [1.82, 2.24) is 5.43 Å². The highest BCUT2D eigenvalue weighted by molar-refractivity contribution is 6.04. The highest BCUT2D eigenvalue weighted by Crippen LogP contribution is 2.15. The minimum absolute atomic E-state index is 0.339. The number of rotatable bonds is 5. The van der Waals surface area contributed by atoms with Crippen LogP contribution in [0.25, 0.3) is 10.8 Å². The molecule has 0 heterocycles. The lowest BCUT2D eigenvalue weighted by molar-refractivity contribution is 0.0954. The fourth-order valence-corrected chi connectivity index (χ4v) is 3.03. The second-order valence-corrected chi connectivity index (χ2v) is 6.84. The third-order valence-corrected chi connectivity index (χ3v) is 4.66. The topological polar surface area (TPSA) is 70.6 Å². The van der Waals surface area contributed by atoms with Gasteiger partial charge in [0.15, 0.2) is 0 Å². The van der Waals surface area contributed by atoms with E-state index in [1.807, 2.05) is 42.5 Å². The lowest BCUT2D eigenvalue weighted by Gasteiger charge is -2.06. The summed E-state index contributed by atoms with van der Waals surface area (Å²) in [5.74, 6) is -1.14. The van der Waals surface area contributed by atoms with Gasteiger partial charge in [-0.25, -0.2) is 9.82 Å². The quantitative estimate of drug-likeness (QED) is 0.359. The molecule has 0 aromatic heterocycles. The van der Waals surface area contributed by atoms with Crippen molar-refractivity contribution in [2.75, 3.05) is 5.32 Å². The van der Waals surface area contributed by atoms with Crippen LogP contribution in [0.2, 0.25) is 0 Å². The molecule has 2 amide bonds. The van der Waals surface area contributed by atoms with Crippen molar-refractivity contribution in [2.45, 2.75) is 0 Å². The summed E-state index contributed by atoms with van der Waals surface area (Å²) in [5.41, 5.74) is 4.62. The molecule has 0 saturated heterocycles. The highest BCUT2D eigenvalue weighted by atomic mass is 19.1. The third-order valence-electron chi connectivity index (χ3n) is 4.66. The summed E-state index contributed by atoms with van der Waals surface area (Å²) in [4.78, 5) is 24.5. The van der Waals surface area contributed by atoms with Crippen LogP contribution in [0.4, 0.5) is 10.1 Å². The molecule has 0 unspecified atom stereocenters. The van der Waals surface area contributed by atoms with E-state index >= 15 is 0 Å². The van der Waals surface area contributed by atoms with Gasteiger partial charge in [0.05, 0.1) is 6.21 Å². The van der Waals surface area contributed by atoms with E-state index in [0.29, 0.717) is 16.8 Å². The number of fused-ring (bicyclic) bond motifs is 1. The van der Waals surface area contributed by atoms with E-state index in [4.69, 9.17) is 0 Å². The fourth-order valence-electron chi connectivity index (χ4n) is 3.03. The van der Waals surface area contributed by atoms with E-state index < -0.39 is 5.82 Å². The second kappa shape index (κ2) is 9.00. The molecule has 6 heteroatoms. The van der Waals surface area contributed by atoms with Gasteiger partial charge < -0.3 is 5.32 Å². The van der Waals surface area contributed by atoms with Crippen molar-refractivity contribution in [2.24, 2.45) is 5.10 Å². The van der Waals surface area contributed by atoms with E-state index in [0.717, 1.165) is 16.3 Å². The SMILES string of the molecule is O=C(N/N=C\c1ccc2ccccc2c1)c1ccc(NC(=O)c2ccc(F)cc2)cc1. The zero-order valence-electron chi connectivity index (χ0n) is 16.4. The summed E-state index contributed by atoms with van der Waals surface area (Å²) in [6, 6.07) is 25.6. The van der Waals surface area contributed by atoms with Crippen molar-refractivity contribution in [3.05, 3.63) is 114 Å². The summed E-state index contributed by atoms with van der Waals surface area (Å²) in [6.07, 6.45) is 1.58. The van der Waals surface area contributed by atoms with E-state index in [1.54, 1.807) is 30.5 Å². The van der Waals surface area contributed by atoms with E-state index in [9.17, 15) is 14.0 Å². The smallest absolute Gasteiger partial charge is 0.271 e. The van der Waals surface area contributed by atoms with Crippen LogP contribution >= 0.6 is 0 Å². The molecule has 0 aliphatic heterocycles. The Hall–Kier alpha value is -4.32. The first kappa shape index (κ1) is 20.0. The van der Waals surface area contributed by atoms with Crippen LogP contribution in [0.1, 0.15) is 26.3 Å². The Labute approximate surface area is 178 Å². The number of hydrazone groups is 1. The van der Waals surface area contributed by atoms with Crippen molar-refractivity contribution in [1.29, 1.82) is 0 Å². The number of carbonyl (C=O) groups is 2. The van der Waals surface area contributed by atoms with Crippen LogP contribution < -0.4 is 10.7 Å². The molecule has 152 valence electrons. The van der Waals surface area contributed by atoms with Gasteiger partial charge in [0.2, 0.25) is 0 Å². The number of benzene rings is 4. The molecule has 0 radical (unpaired) electrons. The number of hydrogen-bond acceptors (Lipinski definition) is 3. The van der Waals surface area contributed by atoms with Gasteiger partial charge >= 0.3 is 0 Å². The minimum atomic E-state index is -0.407. The standard InChI is InChI=1S/C25H18FN3O2/c26-22-11-7-19(8-12-22)24(30)28-23-13-9-20(10-14-23)25(31)29-27-16-17-5-6-18-3-1-2-4-21(18)15-17/h1-16H,(H,28,30)(H,29,31)/b27-16-. The molecular weight excluding hydrogens is 393 g/mol. The zero-order valence-corrected chi connectivity index (χ0v) is 16.4. The van der Waals surface area contributed by atoms with Crippen LogP contribution in [0, 0.1) is 5.82 Å². The first-order valence-electron chi connectivity index (χ1n) is 9.58. The summed E-state index contributed by atoms with van der Waals surface area (Å²) < 4.78 is 13.0. The predicted molar refractivity (Wildman–Crippen MR) is 120 cm³/mol. The van der Waals surface area contributed by atoms with Gasteiger partial charge in [0.25, 0.3) is 11.8 Å². The summed E-state index contributed by atoms with van der Waals surface area (Å²) in [6.45, 7) is 0. The van der Waals surface area contributed by atoms with Crippen LogP contribution in [0.15, 0.2) is 96.1 Å². The number of halogens is 1. The molecule has 4 aromatic rings. The lowest BCUT2D eigenvalue weighted by Crippen LogP contribution is -2.17. The zero-order chi connectivity index (χ0) is 21.6. The number of carbonyl (C=O) groups excluding carboxylic acids is 2. The Morgan fingerprint density at radius 1 is 0.742 bits per heavy atom. The van der Waals surface area contributed by atoms with Gasteiger partial charge in [-0.05, 0) is 70.9 Å². The Kier molecular flexibility index (Phi) is 5.80. The van der Waals surface area contributed by atoms with Crippen molar-refractivity contribution >= 4 is 34.5 Å². The maximum Gasteiger partial charge on any atom is 0.271 e. The van der Waals surface area contributed by atoms with Gasteiger partial charge in [0.1, 0.15) is 5.82 Å². The molecule has 31 heavy (non-hydrogen) atoms. The molecule has 0 saturated carbocycles. The van der Waals surface area contributed by atoms with Gasteiger partial charge in [-0.1, -0.05) is 36.4 Å². The van der Waals surface area contributed by atoms with Crippen LogP contribution in [-0.4, -0.2) is 18.0 Å². The van der Waals surface area contributed by atoms with E-state index in [-0.39, 0.29) is 11.8 Å². The molecule has 4 rings (SSSR count). The number of anilines is 1.